The molecule has 0 bridgehead atoms. The Morgan fingerprint density at radius 1 is 1.12 bits per heavy atom. The van der Waals surface area contributed by atoms with E-state index in [0.29, 0.717) is 12.1 Å². The van der Waals surface area contributed by atoms with Crippen LogP contribution in [0.4, 0.5) is 26.3 Å². The average molecular weight is 397 g/mol. The van der Waals surface area contributed by atoms with Crippen molar-refractivity contribution in [3.8, 4) is 0 Å². The number of amides is 1. The number of nitrogens with one attached hydrogen (secondary N) is 1. The molecule has 3 nitrogen and oxygen atoms in total. The minimum Gasteiger partial charge on any atom is -0.375 e. The van der Waals surface area contributed by atoms with Crippen LogP contribution in [-0.2, 0) is 17.1 Å². The van der Waals surface area contributed by atoms with E-state index < -0.39 is 41.1 Å². The van der Waals surface area contributed by atoms with E-state index in [1.807, 2.05) is 0 Å². The molecule has 0 aliphatic carbocycles. The molecule has 1 aromatic carbocycles. The number of rotatable bonds is 5. The van der Waals surface area contributed by atoms with Gasteiger partial charge in [-0.3, -0.25) is 4.79 Å². The van der Waals surface area contributed by atoms with Gasteiger partial charge < -0.3 is 10.1 Å². The van der Waals surface area contributed by atoms with Crippen LogP contribution >= 0.6 is 11.3 Å². The van der Waals surface area contributed by atoms with E-state index in [-0.39, 0.29) is 12.6 Å². The van der Waals surface area contributed by atoms with Crippen LogP contribution in [0.5, 0.6) is 0 Å². The molecule has 1 aromatic heterocycles. The van der Waals surface area contributed by atoms with Gasteiger partial charge in [0.25, 0.3) is 5.91 Å². The lowest BCUT2D eigenvalue weighted by Gasteiger charge is -2.17. The third-order valence-electron chi connectivity index (χ3n) is 3.50. The second-order valence-corrected chi connectivity index (χ2v) is 6.07. The molecule has 2 aromatic rings. The number of hydrogen-bond acceptors (Lipinski definition) is 3. The molecule has 0 radical (unpaired) electrons. The average Bonchev–Trinajstić information content (AvgIpc) is 3.07. The first-order valence-corrected chi connectivity index (χ1v) is 8.09. The molecule has 0 saturated heterocycles. The maximum absolute atomic E-state index is 12.8. The maximum atomic E-state index is 12.8. The number of ether oxygens (including phenoxy) is 1. The number of halogens is 6. The van der Waals surface area contributed by atoms with Gasteiger partial charge in [-0.2, -0.15) is 37.7 Å². The van der Waals surface area contributed by atoms with Crippen molar-refractivity contribution in [1.29, 1.82) is 0 Å². The minimum atomic E-state index is -5.01. The van der Waals surface area contributed by atoms with Gasteiger partial charge in [0.15, 0.2) is 0 Å². The van der Waals surface area contributed by atoms with E-state index in [9.17, 15) is 31.1 Å². The Morgan fingerprint density at radius 3 is 2.12 bits per heavy atom. The number of benzene rings is 1. The van der Waals surface area contributed by atoms with Crippen LogP contribution in [-0.4, -0.2) is 19.6 Å². The fourth-order valence-corrected chi connectivity index (χ4v) is 2.87. The third-order valence-corrected chi connectivity index (χ3v) is 4.20. The van der Waals surface area contributed by atoms with Crippen LogP contribution in [0.2, 0.25) is 0 Å². The Morgan fingerprint density at radius 2 is 1.69 bits per heavy atom. The van der Waals surface area contributed by atoms with E-state index in [1.165, 1.54) is 18.4 Å². The molecule has 1 N–H and O–H groups in total. The van der Waals surface area contributed by atoms with Crippen molar-refractivity contribution in [1.82, 2.24) is 5.32 Å². The number of methoxy groups -OCH3 is 1. The topological polar surface area (TPSA) is 38.3 Å². The first kappa shape index (κ1) is 20.2. The zero-order valence-electron chi connectivity index (χ0n) is 13.2. The van der Waals surface area contributed by atoms with Crippen LogP contribution in [0.15, 0.2) is 35.0 Å². The number of carbonyl (C=O) groups excluding carboxylic acids is 1. The lowest BCUT2D eigenvalue weighted by Crippen LogP contribution is -2.29. The summed E-state index contributed by atoms with van der Waals surface area (Å²) in [5.41, 5.74) is -3.08. The maximum Gasteiger partial charge on any atom is 0.416 e. The van der Waals surface area contributed by atoms with E-state index in [2.05, 4.69) is 5.32 Å². The van der Waals surface area contributed by atoms with Gasteiger partial charge in [-0.25, -0.2) is 0 Å². The summed E-state index contributed by atoms with van der Waals surface area (Å²) >= 11 is 1.38. The zero-order valence-corrected chi connectivity index (χ0v) is 14.1. The highest BCUT2D eigenvalue weighted by molar-refractivity contribution is 7.07. The highest BCUT2D eigenvalue weighted by atomic mass is 32.1. The molecule has 1 atom stereocenters. The van der Waals surface area contributed by atoms with E-state index in [0.717, 1.165) is 5.56 Å². The van der Waals surface area contributed by atoms with E-state index >= 15 is 0 Å². The van der Waals surface area contributed by atoms with Gasteiger partial charge in [0.1, 0.15) is 6.10 Å². The van der Waals surface area contributed by atoms with Crippen molar-refractivity contribution in [3.05, 3.63) is 57.3 Å². The highest BCUT2D eigenvalue weighted by Crippen LogP contribution is 2.36. The SMILES string of the molecule is COC(CNC(=O)c1cc(C(F)(F)F)cc(C(F)(F)F)c1)c1ccsc1. The highest BCUT2D eigenvalue weighted by Gasteiger charge is 2.37. The summed E-state index contributed by atoms with van der Waals surface area (Å²) in [4.78, 5) is 12.1. The lowest BCUT2D eigenvalue weighted by molar-refractivity contribution is -0.143. The first-order chi connectivity index (χ1) is 12.0. The Balaban J connectivity index is 2.24. The molecule has 142 valence electrons. The van der Waals surface area contributed by atoms with Gasteiger partial charge in [-0.05, 0) is 40.6 Å². The molecule has 0 fully saturated rings. The molecule has 1 unspecified atom stereocenters. The smallest absolute Gasteiger partial charge is 0.375 e. The van der Waals surface area contributed by atoms with Crippen molar-refractivity contribution >= 4 is 17.2 Å². The summed E-state index contributed by atoms with van der Waals surface area (Å²) in [5.74, 6) is -1.06. The van der Waals surface area contributed by atoms with Crippen molar-refractivity contribution in [2.75, 3.05) is 13.7 Å². The number of hydrogen-bond donors (Lipinski definition) is 1. The molecule has 0 saturated carbocycles. The number of alkyl halides is 6. The second kappa shape index (κ2) is 7.67. The quantitative estimate of drug-likeness (QED) is 0.729. The summed E-state index contributed by atoms with van der Waals surface area (Å²) in [6.45, 7) is -0.107. The van der Waals surface area contributed by atoms with Gasteiger partial charge in [-0.1, -0.05) is 0 Å². The molecule has 0 aliphatic rings. The molecule has 26 heavy (non-hydrogen) atoms. The Labute approximate surface area is 148 Å². The minimum absolute atomic E-state index is 0.0277. The van der Waals surface area contributed by atoms with Crippen molar-refractivity contribution in [3.63, 3.8) is 0 Å². The van der Waals surface area contributed by atoms with Crippen LogP contribution in [0.1, 0.15) is 33.2 Å². The first-order valence-electron chi connectivity index (χ1n) is 7.15. The summed E-state index contributed by atoms with van der Waals surface area (Å²) in [5, 5.41) is 5.83. The Bertz CT molecular complexity index is 723. The van der Waals surface area contributed by atoms with E-state index in [4.69, 9.17) is 4.74 Å². The van der Waals surface area contributed by atoms with Crippen LogP contribution < -0.4 is 5.32 Å². The Kier molecular flexibility index (Phi) is 5.97. The zero-order chi connectivity index (χ0) is 19.5. The predicted molar refractivity (Wildman–Crippen MR) is 82.8 cm³/mol. The van der Waals surface area contributed by atoms with Gasteiger partial charge in [0.2, 0.25) is 0 Å². The van der Waals surface area contributed by atoms with Gasteiger partial charge in [0.05, 0.1) is 11.1 Å². The molecule has 1 amide bonds. The van der Waals surface area contributed by atoms with Crippen LogP contribution in [0, 0.1) is 0 Å². The summed E-state index contributed by atoms with van der Waals surface area (Å²) in [6.07, 6.45) is -10.6. The largest absolute Gasteiger partial charge is 0.416 e. The van der Waals surface area contributed by atoms with Gasteiger partial charge in [-0.15, -0.1) is 0 Å². The van der Waals surface area contributed by atoms with Crippen molar-refractivity contribution in [2.45, 2.75) is 18.5 Å². The lowest BCUT2D eigenvalue weighted by atomic mass is 10.0. The normalized spacial score (nSPS) is 13.5. The standard InChI is InChI=1S/C16H13F6NO2S/c1-25-13(9-2-3-26-8-9)7-23-14(24)10-4-11(15(17,18)19)6-12(5-10)16(20,21)22/h2-6,8,13H,7H2,1H3,(H,23,24). The van der Waals surface area contributed by atoms with Gasteiger partial charge in [0, 0.05) is 19.2 Å². The van der Waals surface area contributed by atoms with E-state index in [1.54, 1.807) is 16.8 Å². The summed E-state index contributed by atoms with van der Waals surface area (Å²) < 4.78 is 82.2. The molecule has 0 spiro atoms. The van der Waals surface area contributed by atoms with Gasteiger partial charge >= 0.3 is 12.4 Å². The van der Waals surface area contributed by atoms with Crippen LogP contribution in [0.3, 0.4) is 0 Å². The third kappa shape index (κ3) is 4.98. The fraction of sp³-hybridized carbons (Fsp3) is 0.312. The number of thiophene rings is 1. The van der Waals surface area contributed by atoms with Crippen molar-refractivity contribution < 1.29 is 35.9 Å². The molecule has 1 heterocycles. The molecule has 2 rings (SSSR count). The predicted octanol–water partition coefficient (Wildman–Crippen LogP) is 4.90. The monoisotopic (exact) mass is 397 g/mol. The summed E-state index contributed by atoms with van der Waals surface area (Å²) in [7, 11) is 1.38. The molecule has 0 aliphatic heterocycles. The summed E-state index contributed by atoms with van der Waals surface area (Å²) in [6, 6.07) is 2.48. The second-order valence-electron chi connectivity index (χ2n) is 5.29. The molecular weight excluding hydrogens is 384 g/mol. The van der Waals surface area contributed by atoms with Crippen LogP contribution in [0.25, 0.3) is 0 Å². The van der Waals surface area contributed by atoms with Crippen molar-refractivity contribution in [2.24, 2.45) is 0 Å². The Hall–Kier alpha value is -2.07. The molecular formula is C16H13F6NO2S. The number of carbonyl (C=O) groups is 1. The fourth-order valence-electron chi connectivity index (χ4n) is 2.17. The molecule has 10 heteroatoms.